The lowest BCUT2D eigenvalue weighted by atomic mass is 9.92. The van der Waals surface area contributed by atoms with E-state index < -0.39 is 40.2 Å². The third-order valence-corrected chi connectivity index (χ3v) is 6.35. The zero-order valence-electron chi connectivity index (χ0n) is 14.5. The van der Waals surface area contributed by atoms with Crippen molar-refractivity contribution in [3.63, 3.8) is 0 Å². The Balaban J connectivity index is 1.85. The number of carboxylic acid groups (broad SMARTS) is 1. The number of aromatic carboxylic acids is 1. The molecule has 1 aliphatic carbocycles. The van der Waals surface area contributed by atoms with Gasteiger partial charge in [-0.2, -0.15) is 0 Å². The van der Waals surface area contributed by atoms with Gasteiger partial charge in [0.1, 0.15) is 17.4 Å². The van der Waals surface area contributed by atoms with Gasteiger partial charge in [0.2, 0.25) is 10.0 Å². The first-order valence-corrected chi connectivity index (χ1v) is 10.4. The Labute approximate surface area is 156 Å². The Hall–Kier alpha value is -2.58. The van der Waals surface area contributed by atoms with Crippen molar-refractivity contribution in [1.29, 1.82) is 0 Å². The first-order valence-electron chi connectivity index (χ1n) is 8.54. The van der Waals surface area contributed by atoms with Gasteiger partial charge in [-0.15, -0.1) is 0 Å². The molecule has 8 heteroatoms. The predicted molar refractivity (Wildman–Crippen MR) is 98.7 cm³/mol. The SMILES string of the molecule is CS(=O)(=O)N(c1ccccc1)C1C(O)CC2Oc3c(C(=O)O)cccc3C21. The number of hydrogen-bond acceptors (Lipinski definition) is 5. The summed E-state index contributed by atoms with van der Waals surface area (Å²) in [5.74, 6) is -1.30. The van der Waals surface area contributed by atoms with Crippen LogP contribution >= 0.6 is 0 Å². The van der Waals surface area contributed by atoms with E-state index in [1.165, 1.54) is 10.4 Å². The molecule has 0 radical (unpaired) electrons. The number of benzene rings is 2. The highest BCUT2D eigenvalue weighted by Crippen LogP contribution is 2.51. The van der Waals surface area contributed by atoms with Crippen molar-refractivity contribution in [2.75, 3.05) is 10.6 Å². The van der Waals surface area contributed by atoms with Crippen LogP contribution in [-0.2, 0) is 10.0 Å². The van der Waals surface area contributed by atoms with Crippen LogP contribution in [0.4, 0.5) is 5.69 Å². The number of carboxylic acids is 1. The van der Waals surface area contributed by atoms with Gasteiger partial charge in [0.05, 0.1) is 24.1 Å². The van der Waals surface area contributed by atoms with E-state index in [-0.39, 0.29) is 17.7 Å². The fourth-order valence-corrected chi connectivity index (χ4v) is 5.44. The zero-order valence-corrected chi connectivity index (χ0v) is 15.3. The van der Waals surface area contributed by atoms with E-state index in [9.17, 15) is 23.4 Å². The number of anilines is 1. The van der Waals surface area contributed by atoms with Gasteiger partial charge in [0.15, 0.2) is 0 Å². The number of nitrogens with zero attached hydrogens (tertiary/aromatic N) is 1. The molecule has 2 aliphatic rings. The molecule has 1 saturated carbocycles. The molecule has 2 aromatic carbocycles. The maximum absolute atomic E-state index is 12.6. The second-order valence-electron chi connectivity index (χ2n) is 6.90. The van der Waals surface area contributed by atoms with Crippen LogP contribution in [0.3, 0.4) is 0 Å². The van der Waals surface area contributed by atoms with Gasteiger partial charge in [-0.1, -0.05) is 30.3 Å². The van der Waals surface area contributed by atoms with Crippen LogP contribution in [0.25, 0.3) is 0 Å². The Morgan fingerprint density at radius 2 is 1.85 bits per heavy atom. The molecule has 0 aromatic heterocycles. The maximum atomic E-state index is 12.6. The summed E-state index contributed by atoms with van der Waals surface area (Å²) in [6.07, 6.45) is -0.0863. The van der Waals surface area contributed by atoms with Crippen molar-refractivity contribution in [3.8, 4) is 5.75 Å². The van der Waals surface area contributed by atoms with Crippen molar-refractivity contribution in [2.45, 2.75) is 30.6 Å². The molecular weight excluding hydrogens is 370 g/mol. The van der Waals surface area contributed by atoms with Crippen molar-refractivity contribution >= 4 is 21.7 Å². The van der Waals surface area contributed by atoms with E-state index in [0.717, 1.165) is 6.26 Å². The summed E-state index contributed by atoms with van der Waals surface area (Å²) in [4.78, 5) is 11.5. The van der Waals surface area contributed by atoms with E-state index >= 15 is 0 Å². The van der Waals surface area contributed by atoms with Gasteiger partial charge < -0.3 is 14.9 Å². The Morgan fingerprint density at radius 1 is 1.15 bits per heavy atom. The van der Waals surface area contributed by atoms with E-state index in [1.807, 2.05) is 0 Å². The summed E-state index contributed by atoms with van der Waals surface area (Å²) in [5, 5.41) is 20.1. The summed E-state index contributed by atoms with van der Waals surface area (Å²) < 4.78 is 32.3. The van der Waals surface area contributed by atoms with Crippen LogP contribution in [0.2, 0.25) is 0 Å². The van der Waals surface area contributed by atoms with E-state index in [2.05, 4.69) is 0 Å². The third-order valence-electron chi connectivity index (χ3n) is 5.18. The highest BCUT2D eigenvalue weighted by molar-refractivity contribution is 7.92. The molecular formula is C19H19NO6S. The van der Waals surface area contributed by atoms with Gasteiger partial charge in [-0.05, 0) is 18.2 Å². The first-order chi connectivity index (χ1) is 12.8. The molecule has 7 nitrogen and oxygen atoms in total. The molecule has 4 rings (SSSR count). The quantitative estimate of drug-likeness (QED) is 0.827. The van der Waals surface area contributed by atoms with Crippen LogP contribution < -0.4 is 9.04 Å². The van der Waals surface area contributed by atoms with Crippen LogP contribution in [0.15, 0.2) is 48.5 Å². The minimum atomic E-state index is -3.70. The molecule has 27 heavy (non-hydrogen) atoms. The predicted octanol–water partition coefficient (Wildman–Crippen LogP) is 1.83. The molecule has 0 spiro atoms. The number of aliphatic hydroxyl groups excluding tert-OH is 1. The zero-order chi connectivity index (χ0) is 19.3. The Morgan fingerprint density at radius 3 is 2.48 bits per heavy atom. The molecule has 1 aliphatic heterocycles. The average Bonchev–Trinajstić information content (AvgIpc) is 3.10. The Bertz CT molecular complexity index is 991. The van der Waals surface area contributed by atoms with E-state index in [1.54, 1.807) is 42.5 Å². The van der Waals surface area contributed by atoms with Gasteiger partial charge >= 0.3 is 5.97 Å². The second kappa shape index (κ2) is 6.24. The number of para-hydroxylation sites is 2. The number of fused-ring (bicyclic) bond motifs is 3. The molecule has 2 N–H and O–H groups in total. The fourth-order valence-electron chi connectivity index (χ4n) is 4.22. The molecule has 0 bridgehead atoms. The minimum absolute atomic E-state index is 0.0424. The lowest BCUT2D eigenvalue weighted by Crippen LogP contribution is -2.47. The smallest absolute Gasteiger partial charge is 0.339 e. The highest BCUT2D eigenvalue weighted by Gasteiger charge is 2.54. The minimum Gasteiger partial charge on any atom is -0.488 e. The van der Waals surface area contributed by atoms with Crippen LogP contribution in [0.1, 0.15) is 28.3 Å². The molecule has 0 saturated heterocycles. The second-order valence-corrected chi connectivity index (χ2v) is 8.76. The highest BCUT2D eigenvalue weighted by atomic mass is 32.2. The summed E-state index contributed by atoms with van der Waals surface area (Å²) >= 11 is 0. The number of carbonyl (C=O) groups is 1. The first kappa shape index (κ1) is 17.8. The number of rotatable bonds is 4. The van der Waals surface area contributed by atoms with Crippen LogP contribution in [-0.4, -0.2) is 49.1 Å². The average molecular weight is 389 g/mol. The van der Waals surface area contributed by atoms with Crippen molar-refractivity contribution in [3.05, 3.63) is 59.7 Å². The van der Waals surface area contributed by atoms with Crippen molar-refractivity contribution in [2.24, 2.45) is 0 Å². The Kier molecular flexibility index (Phi) is 4.12. The van der Waals surface area contributed by atoms with E-state index in [0.29, 0.717) is 11.3 Å². The van der Waals surface area contributed by atoms with Crippen molar-refractivity contribution < 1.29 is 28.2 Å². The van der Waals surface area contributed by atoms with Gasteiger partial charge in [-0.3, -0.25) is 4.31 Å². The van der Waals surface area contributed by atoms with E-state index in [4.69, 9.17) is 4.74 Å². The number of hydrogen-bond donors (Lipinski definition) is 2. The lowest BCUT2D eigenvalue weighted by molar-refractivity contribution is 0.0690. The van der Waals surface area contributed by atoms with Gasteiger partial charge in [-0.25, -0.2) is 13.2 Å². The van der Waals surface area contributed by atoms with Gasteiger partial charge in [0.25, 0.3) is 0 Å². The van der Waals surface area contributed by atoms with Crippen molar-refractivity contribution in [1.82, 2.24) is 0 Å². The molecule has 2 aromatic rings. The van der Waals surface area contributed by atoms with Crippen LogP contribution in [0.5, 0.6) is 5.75 Å². The molecule has 142 valence electrons. The number of aliphatic hydroxyl groups is 1. The number of ether oxygens (including phenoxy) is 1. The molecule has 4 atom stereocenters. The summed E-state index contributed by atoms with van der Waals surface area (Å²) in [5.41, 5.74) is 1.11. The summed E-state index contributed by atoms with van der Waals surface area (Å²) in [6, 6.07) is 12.6. The topological polar surface area (TPSA) is 104 Å². The monoisotopic (exact) mass is 389 g/mol. The summed E-state index contributed by atoms with van der Waals surface area (Å²) in [6.45, 7) is 0. The fraction of sp³-hybridized carbons (Fsp3) is 0.316. The van der Waals surface area contributed by atoms with Gasteiger partial charge in [0, 0.05) is 17.9 Å². The third kappa shape index (κ3) is 2.85. The summed E-state index contributed by atoms with van der Waals surface area (Å²) in [7, 11) is -3.70. The standard InChI is InChI=1S/C19H19NO6S/c1-27(24,25)20(11-6-3-2-4-7-11)17-14(21)10-15-16(17)12-8-5-9-13(19(22)23)18(12)26-15/h2-9,14-17,21H,10H2,1H3,(H,22,23). The molecule has 0 amide bonds. The largest absolute Gasteiger partial charge is 0.488 e. The normalized spacial score (nSPS) is 26.1. The number of sulfonamides is 1. The molecule has 4 unspecified atom stereocenters. The molecule has 1 heterocycles. The lowest BCUT2D eigenvalue weighted by Gasteiger charge is -2.34. The maximum Gasteiger partial charge on any atom is 0.339 e. The van der Waals surface area contributed by atoms with Crippen LogP contribution in [0, 0.1) is 0 Å². The molecule has 1 fully saturated rings.